The van der Waals surface area contributed by atoms with Crippen molar-refractivity contribution in [3.8, 4) is 0 Å². The van der Waals surface area contributed by atoms with Crippen molar-refractivity contribution >= 4 is 17.2 Å². The van der Waals surface area contributed by atoms with E-state index >= 15 is 0 Å². The Bertz CT molecular complexity index is 625. The lowest BCUT2D eigenvalue weighted by molar-refractivity contribution is -0.127. The summed E-state index contributed by atoms with van der Waals surface area (Å²) in [7, 11) is 0. The predicted molar refractivity (Wildman–Crippen MR) is 83.4 cm³/mol. The molecule has 2 aromatic heterocycles. The van der Waals surface area contributed by atoms with Gasteiger partial charge in [0.1, 0.15) is 5.01 Å². The lowest BCUT2D eigenvalue weighted by Gasteiger charge is -2.19. The van der Waals surface area contributed by atoms with Crippen LogP contribution >= 0.6 is 11.3 Å². The Hall–Kier alpha value is -1.73. The standard InChI is InChI=1S/C15H20N4O2S/c1-3-19-9-11(8-17-19)13-12(4-6-21-13)14(20)18-10(2)15-16-5-7-22-15/h5,7-10,12-13H,3-4,6H2,1-2H3,(H,18,20)/t10?,12-,13+/m0/s1. The molecule has 3 atom stereocenters. The summed E-state index contributed by atoms with van der Waals surface area (Å²) in [5.41, 5.74) is 0.974. The van der Waals surface area contributed by atoms with Gasteiger partial charge < -0.3 is 10.1 Å². The lowest BCUT2D eigenvalue weighted by Crippen LogP contribution is -2.34. The van der Waals surface area contributed by atoms with Crippen molar-refractivity contribution in [3.05, 3.63) is 34.5 Å². The van der Waals surface area contributed by atoms with Gasteiger partial charge >= 0.3 is 0 Å². The van der Waals surface area contributed by atoms with Crippen LogP contribution in [-0.2, 0) is 16.1 Å². The zero-order chi connectivity index (χ0) is 15.5. The van der Waals surface area contributed by atoms with Gasteiger partial charge in [-0.15, -0.1) is 11.3 Å². The number of amides is 1. The average molecular weight is 320 g/mol. The van der Waals surface area contributed by atoms with Crippen LogP contribution in [0.1, 0.15) is 43.0 Å². The van der Waals surface area contributed by atoms with Gasteiger partial charge in [-0.1, -0.05) is 0 Å². The zero-order valence-electron chi connectivity index (χ0n) is 12.7. The Morgan fingerprint density at radius 2 is 2.50 bits per heavy atom. The number of nitrogens with one attached hydrogen (secondary N) is 1. The molecule has 1 N–H and O–H groups in total. The van der Waals surface area contributed by atoms with Crippen molar-refractivity contribution in [1.29, 1.82) is 0 Å². The van der Waals surface area contributed by atoms with Crippen molar-refractivity contribution in [3.63, 3.8) is 0 Å². The summed E-state index contributed by atoms with van der Waals surface area (Å²) in [6.45, 7) is 5.40. The summed E-state index contributed by atoms with van der Waals surface area (Å²) in [6.07, 6.45) is 6.04. The Balaban J connectivity index is 1.68. The maximum atomic E-state index is 12.6. The molecule has 3 rings (SSSR count). The first-order valence-electron chi connectivity index (χ1n) is 7.52. The highest BCUT2D eigenvalue weighted by Gasteiger charge is 2.36. The minimum absolute atomic E-state index is 0.0226. The van der Waals surface area contributed by atoms with Crippen LogP contribution in [0.25, 0.3) is 0 Å². The molecule has 22 heavy (non-hydrogen) atoms. The maximum Gasteiger partial charge on any atom is 0.226 e. The second-order valence-electron chi connectivity index (χ2n) is 5.42. The molecule has 0 bridgehead atoms. The molecule has 1 aliphatic heterocycles. The molecule has 1 aliphatic rings. The predicted octanol–water partition coefficient (Wildman–Crippen LogP) is 2.31. The van der Waals surface area contributed by atoms with Gasteiger partial charge in [-0.05, 0) is 20.3 Å². The van der Waals surface area contributed by atoms with E-state index in [1.54, 1.807) is 23.7 Å². The van der Waals surface area contributed by atoms with Crippen LogP contribution in [0.3, 0.4) is 0 Å². The van der Waals surface area contributed by atoms with Gasteiger partial charge in [-0.2, -0.15) is 5.10 Å². The summed E-state index contributed by atoms with van der Waals surface area (Å²) < 4.78 is 7.63. The maximum absolute atomic E-state index is 12.6. The van der Waals surface area contributed by atoms with E-state index in [0.717, 1.165) is 23.5 Å². The van der Waals surface area contributed by atoms with Crippen LogP contribution < -0.4 is 5.32 Å². The average Bonchev–Trinajstić information content (AvgIpc) is 3.25. The van der Waals surface area contributed by atoms with Crippen molar-refractivity contribution < 1.29 is 9.53 Å². The van der Waals surface area contributed by atoms with Gasteiger partial charge in [-0.3, -0.25) is 9.48 Å². The van der Waals surface area contributed by atoms with Gasteiger partial charge in [0.25, 0.3) is 0 Å². The van der Waals surface area contributed by atoms with Gasteiger partial charge in [0.15, 0.2) is 0 Å². The number of aryl methyl sites for hydroxylation is 1. The Kier molecular flexibility index (Phi) is 4.54. The van der Waals surface area contributed by atoms with Crippen LogP contribution in [0.4, 0.5) is 0 Å². The fourth-order valence-electron chi connectivity index (χ4n) is 2.72. The van der Waals surface area contributed by atoms with Crippen molar-refractivity contribution in [2.45, 2.75) is 39.0 Å². The van der Waals surface area contributed by atoms with Crippen molar-refractivity contribution in [2.24, 2.45) is 5.92 Å². The number of ether oxygens (including phenoxy) is 1. The quantitative estimate of drug-likeness (QED) is 0.918. The largest absolute Gasteiger partial charge is 0.373 e. The highest BCUT2D eigenvalue weighted by atomic mass is 32.1. The van der Waals surface area contributed by atoms with Gasteiger partial charge in [0, 0.05) is 36.5 Å². The number of nitrogens with zero attached hydrogens (tertiary/aromatic N) is 3. The summed E-state index contributed by atoms with van der Waals surface area (Å²) >= 11 is 1.55. The number of hydrogen-bond acceptors (Lipinski definition) is 5. The fourth-order valence-corrected chi connectivity index (χ4v) is 3.36. The van der Waals surface area contributed by atoms with E-state index in [2.05, 4.69) is 15.4 Å². The van der Waals surface area contributed by atoms with Crippen LogP contribution in [0.15, 0.2) is 24.0 Å². The molecule has 118 valence electrons. The first kappa shape index (κ1) is 15.2. The molecule has 3 heterocycles. The summed E-state index contributed by atoms with van der Waals surface area (Å²) in [6, 6.07) is -0.0767. The molecular formula is C15H20N4O2S. The minimum atomic E-state index is -0.205. The third kappa shape index (κ3) is 3.05. The number of rotatable bonds is 5. The van der Waals surface area contributed by atoms with Crippen molar-refractivity contribution in [1.82, 2.24) is 20.1 Å². The number of hydrogen-bond donors (Lipinski definition) is 1. The minimum Gasteiger partial charge on any atom is -0.373 e. The van der Waals surface area contributed by atoms with E-state index in [1.165, 1.54) is 0 Å². The molecule has 1 fully saturated rings. The second kappa shape index (κ2) is 6.58. The number of aromatic nitrogens is 3. The zero-order valence-corrected chi connectivity index (χ0v) is 13.5. The molecule has 1 amide bonds. The highest BCUT2D eigenvalue weighted by molar-refractivity contribution is 7.09. The third-order valence-electron chi connectivity index (χ3n) is 3.91. The normalized spacial score (nSPS) is 22.6. The van der Waals surface area contributed by atoms with Crippen molar-refractivity contribution in [2.75, 3.05) is 6.61 Å². The first-order chi connectivity index (χ1) is 10.7. The lowest BCUT2D eigenvalue weighted by atomic mass is 9.96. The summed E-state index contributed by atoms with van der Waals surface area (Å²) in [5.74, 6) is -0.147. The number of carbonyl (C=O) groups is 1. The van der Waals surface area contributed by atoms with Crippen LogP contribution in [0.5, 0.6) is 0 Å². The van der Waals surface area contributed by atoms with Crippen LogP contribution in [0, 0.1) is 5.92 Å². The molecule has 0 spiro atoms. The third-order valence-corrected chi connectivity index (χ3v) is 4.87. The molecule has 1 unspecified atom stereocenters. The van der Waals surface area contributed by atoms with E-state index in [1.807, 2.05) is 30.1 Å². The number of carbonyl (C=O) groups excluding carboxylic acids is 1. The monoisotopic (exact) mass is 320 g/mol. The Morgan fingerprint density at radius 1 is 1.64 bits per heavy atom. The number of thiazole rings is 1. The highest BCUT2D eigenvalue weighted by Crippen LogP contribution is 2.35. The molecule has 0 saturated carbocycles. The Morgan fingerprint density at radius 3 is 3.18 bits per heavy atom. The molecule has 0 aliphatic carbocycles. The molecule has 6 nitrogen and oxygen atoms in total. The molecule has 7 heteroatoms. The van der Waals surface area contributed by atoms with Gasteiger partial charge in [-0.25, -0.2) is 4.98 Å². The summed E-state index contributed by atoms with van der Waals surface area (Å²) in [5, 5.41) is 10.2. The van der Waals surface area contributed by atoms with E-state index in [-0.39, 0.29) is 24.0 Å². The van der Waals surface area contributed by atoms with Crippen LogP contribution in [0.2, 0.25) is 0 Å². The molecule has 0 radical (unpaired) electrons. The smallest absolute Gasteiger partial charge is 0.226 e. The van der Waals surface area contributed by atoms with Crippen LogP contribution in [-0.4, -0.2) is 27.3 Å². The first-order valence-corrected chi connectivity index (χ1v) is 8.40. The van der Waals surface area contributed by atoms with Gasteiger partial charge in [0.05, 0.1) is 24.3 Å². The van der Waals surface area contributed by atoms with E-state index < -0.39 is 0 Å². The van der Waals surface area contributed by atoms with E-state index in [0.29, 0.717) is 6.61 Å². The fraction of sp³-hybridized carbons (Fsp3) is 0.533. The Labute approximate surface area is 133 Å². The van der Waals surface area contributed by atoms with E-state index in [4.69, 9.17) is 4.74 Å². The molecular weight excluding hydrogens is 300 g/mol. The topological polar surface area (TPSA) is 69.0 Å². The summed E-state index contributed by atoms with van der Waals surface area (Å²) in [4.78, 5) is 16.8. The molecule has 2 aromatic rings. The second-order valence-corrected chi connectivity index (χ2v) is 6.34. The van der Waals surface area contributed by atoms with Gasteiger partial charge in [0.2, 0.25) is 5.91 Å². The SMILES string of the molecule is CCn1cc([C@H]2OCC[C@@H]2C(=O)NC(C)c2nccs2)cn1. The molecule has 1 saturated heterocycles. The van der Waals surface area contributed by atoms with E-state index in [9.17, 15) is 4.79 Å². The molecule has 0 aromatic carbocycles.